The SMILES string of the molecule is CCCCCCCCCCCCCCCCCCCCCC=CCCC(P(=O)=O)[N+](C)(C)C. The second-order valence-corrected chi connectivity index (χ2v) is 12.3. The van der Waals surface area contributed by atoms with Gasteiger partial charge in [0.15, 0.2) is 5.78 Å². The van der Waals surface area contributed by atoms with Gasteiger partial charge in [0.2, 0.25) is 0 Å². The average Bonchev–Trinajstić information content (AvgIpc) is 2.75. The van der Waals surface area contributed by atoms with Crippen LogP contribution in [0.2, 0.25) is 0 Å². The number of hydrogen-bond acceptors (Lipinski definition) is 2. The van der Waals surface area contributed by atoms with E-state index >= 15 is 0 Å². The van der Waals surface area contributed by atoms with Gasteiger partial charge in [-0.1, -0.05) is 135 Å². The summed E-state index contributed by atoms with van der Waals surface area (Å²) in [7, 11) is 3.51. The lowest BCUT2D eigenvalue weighted by Gasteiger charge is -2.28. The molecule has 0 N–H and O–H groups in total. The molecule has 0 bridgehead atoms. The lowest BCUT2D eigenvalue weighted by Crippen LogP contribution is -2.42. The van der Waals surface area contributed by atoms with Crippen LogP contribution in [0.5, 0.6) is 0 Å². The maximum absolute atomic E-state index is 11.4. The summed E-state index contributed by atoms with van der Waals surface area (Å²) in [6.45, 7) is 2.29. The summed E-state index contributed by atoms with van der Waals surface area (Å²) in [5, 5.41) is 0. The van der Waals surface area contributed by atoms with Gasteiger partial charge < -0.3 is 4.48 Å². The summed E-state index contributed by atoms with van der Waals surface area (Å²) < 4.78 is 23.3. The Hall–Kier alpha value is -0.400. The van der Waals surface area contributed by atoms with Crippen molar-refractivity contribution in [3.63, 3.8) is 0 Å². The van der Waals surface area contributed by atoms with Crippen LogP contribution in [0.3, 0.4) is 0 Å². The van der Waals surface area contributed by atoms with Gasteiger partial charge in [0.1, 0.15) is 0 Å². The van der Waals surface area contributed by atoms with Crippen molar-refractivity contribution < 1.29 is 13.6 Å². The quantitative estimate of drug-likeness (QED) is 0.0559. The molecule has 0 fully saturated rings. The van der Waals surface area contributed by atoms with Crippen molar-refractivity contribution in [1.82, 2.24) is 0 Å². The van der Waals surface area contributed by atoms with E-state index in [0.29, 0.717) is 4.48 Å². The maximum Gasteiger partial charge on any atom is 0.375 e. The molecule has 33 heavy (non-hydrogen) atoms. The molecule has 0 radical (unpaired) electrons. The lowest BCUT2D eigenvalue weighted by molar-refractivity contribution is -0.882. The fraction of sp³-hybridized carbons (Fsp3) is 0.931. The highest BCUT2D eigenvalue weighted by molar-refractivity contribution is 7.31. The van der Waals surface area contributed by atoms with Gasteiger partial charge in [0, 0.05) is 6.42 Å². The van der Waals surface area contributed by atoms with Crippen molar-refractivity contribution >= 4 is 7.68 Å². The Labute approximate surface area is 208 Å². The predicted octanol–water partition coefficient (Wildman–Crippen LogP) is 10.3. The third-order valence-electron chi connectivity index (χ3n) is 6.87. The van der Waals surface area contributed by atoms with Gasteiger partial charge in [0.25, 0.3) is 0 Å². The summed E-state index contributed by atoms with van der Waals surface area (Å²) >= 11 is 0. The standard InChI is InChI=1S/C29H59NO2P/c1-5-6-7-8-9-10-11-12-13-14-15-16-17-18-19-20-21-22-23-24-25-26-27-28-29(33(31)32)30(2,3)4/h25-26,29H,5-24,27-28H2,1-4H3/q+1. The number of nitrogens with zero attached hydrogens (tertiary/aromatic N) is 1. The second-order valence-electron chi connectivity index (χ2n) is 11.1. The topological polar surface area (TPSA) is 34.1 Å². The van der Waals surface area contributed by atoms with E-state index in [9.17, 15) is 9.13 Å². The first kappa shape index (κ1) is 32.6. The van der Waals surface area contributed by atoms with E-state index in [2.05, 4.69) is 19.1 Å². The normalized spacial score (nSPS) is 13.1. The molecule has 0 saturated carbocycles. The van der Waals surface area contributed by atoms with E-state index in [1.807, 2.05) is 21.1 Å². The van der Waals surface area contributed by atoms with Crippen LogP contribution in [0.25, 0.3) is 0 Å². The van der Waals surface area contributed by atoms with E-state index < -0.39 is 7.68 Å². The molecule has 0 spiro atoms. The van der Waals surface area contributed by atoms with Gasteiger partial charge in [-0.25, -0.2) is 9.13 Å². The van der Waals surface area contributed by atoms with Gasteiger partial charge in [-0.05, 0) is 19.3 Å². The Morgan fingerprint density at radius 2 is 0.879 bits per heavy atom. The molecule has 1 atom stereocenters. The summed E-state index contributed by atoms with van der Waals surface area (Å²) in [5.74, 6) is -0.278. The van der Waals surface area contributed by atoms with Crippen LogP contribution in [0.1, 0.15) is 148 Å². The van der Waals surface area contributed by atoms with Crippen molar-refractivity contribution in [1.29, 1.82) is 0 Å². The van der Waals surface area contributed by atoms with E-state index in [4.69, 9.17) is 0 Å². The van der Waals surface area contributed by atoms with Crippen molar-refractivity contribution in [3.8, 4) is 0 Å². The fourth-order valence-electron chi connectivity index (χ4n) is 4.60. The highest BCUT2D eigenvalue weighted by atomic mass is 31.1. The van der Waals surface area contributed by atoms with Crippen LogP contribution in [0.4, 0.5) is 0 Å². The molecular formula is C29H59NO2P+. The smallest absolute Gasteiger partial charge is 0.317 e. The Bertz CT molecular complexity index is 500. The summed E-state index contributed by atoms with van der Waals surface area (Å²) in [5.41, 5.74) is 0. The van der Waals surface area contributed by atoms with Crippen molar-refractivity contribution in [2.45, 2.75) is 154 Å². The van der Waals surface area contributed by atoms with E-state index in [1.54, 1.807) is 0 Å². The van der Waals surface area contributed by atoms with E-state index in [1.165, 1.54) is 122 Å². The minimum atomic E-state index is -2.36. The number of unbranched alkanes of at least 4 members (excludes halogenated alkanes) is 19. The van der Waals surface area contributed by atoms with Crippen LogP contribution >= 0.6 is 7.68 Å². The number of rotatable bonds is 25. The molecule has 4 heteroatoms. The molecule has 0 aliphatic carbocycles. The molecule has 0 aromatic carbocycles. The van der Waals surface area contributed by atoms with Gasteiger partial charge in [-0.15, -0.1) is 0 Å². The molecule has 0 aliphatic heterocycles. The molecule has 0 rings (SSSR count). The number of allylic oxidation sites excluding steroid dienone is 2. The van der Waals surface area contributed by atoms with Gasteiger partial charge in [-0.2, -0.15) is 0 Å². The second kappa shape index (κ2) is 23.3. The average molecular weight is 485 g/mol. The van der Waals surface area contributed by atoms with Crippen LogP contribution in [-0.2, 0) is 9.13 Å². The molecule has 0 saturated heterocycles. The predicted molar refractivity (Wildman–Crippen MR) is 147 cm³/mol. The lowest BCUT2D eigenvalue weighted by atomic mass is 10.0. The molecule has 0 heterocycles. The largest absolute Gasteiger partial charge is 0.375 e. The van der Waals surface area contributed by atoms with Crippen molar-refractivity contribution in [2.75, 3.05) is 21.1 Å². The third-order valence-corrected chi connectivity index (χ3v) is 8.31. The zero-order chi connectivity index (χ0) is 24.6. The summed E-state index contributed by atoms with van der Waals surface area (Å²) in [4.78, 5) is 0. The Morgan fingerprint density at radius 1 is 0.545 bits per heavy atom. The number of hydrogen-bond donors (Lipinski definition) is 0. The molecule has 1 unspecified atom stereocenters. The molecule has 0 aromatic rings. The first-order valence-corrected chi connectivity index (χ1v) is 15.7. The minimum Gasteiger partial charge on any atom is -0.317 e. The van der Waals surface area contributed by atoms with E-state index in [0.717, 1.165) is 19.3 Å². The zero-order valence-electron chi connectivity index (χ0n) is 23.0. The Kier molecular flexibility index (Phi) is 23.1. The zero-order valence-corrected chi connectivity index (χ0v) is 23.9. The number of quaternary nitrogens is 1. The Morgan fingerprint density at radius 3 is 1.21 bits per heavy atom. The Balaban J connectivity index is 3.29. The van der Waals surface area contributed by atoms with Gasteiger partial charge in [-0.3, -0.25) is 0 Å². The molecule has 0 aliphatic rings. The highest BCUT2D eigenvalue weighted by Gasteiger charge is 2.28. The fourth-order valence-corrected chi connectivity index (χ4v) is 5.52. The van der Waals surface area contributed by atoms with Crippen LogP contribution in [0.15, 0.2) is 12.2 Å². The van der Waals surface area contributed by atoms with Crippen molar-refractivity contribution in [3.05, 3.63) is 12.2 Å². The maximum atomic E-state index is 11.4. The molecule has 0 amide bonds. The van der Waals surface area contributed by atoms with Gasteiger partial charge >= 0.3 is 7.68 Å². The van der Waals surface area contributed by atoms with Crippen molar-refractivity contribution in [2.24, 2.45) is 0 Å². The van der Waals surface area contributed by atoms with Crippen LogP contribution in [-0.4, -0.2) is 31.4 Å². The monoisotopic (exact) mass is 484 g/mol. The van der Waals surface area contributed by atoms with Crippen LogP contribution in [0, 0.1) is 0 Å². The summed E-state index contributed by atoms with van der Waals surface area (Å²) in [6, 6.07) is 0. The van der Waals surface area contributed by atoms with Crippen LogP contribution < -0.4 is 0 Å². The molecule has 0 aromatic heterocycles. The van der Waals surface area contributed by atoms with Gasteiger partial charge in [0.05, 0.1) is 21.1 Å². The third kappa shape index (κ3) is 23.1. The summed E-state index contributed by atoms with van der Waals surface area (Å²) in [6.07, 6.45) is 34.1. The highest BCUT2D eigenvalue weighted by Crippen LogP contribution is 2.26. The molecule has 3 nitrogen and oxygen atoms in total. The minimum absolute atomic E-state index is 0.278. The molecule has 196 valence electrons. The molecular weight excluding hydrogens is 425 g/mol. The first-order valence-electron chi connectivity index (χ1n) is 14.5. The first-order chi connectivity index (χ1) is 15.9. The van der Waals surface area contributed by atoms with E-state index in [-0.39, 0.29) is 5.78 Å².